The molecule has 2 aromatic heterocycles. The molecule has 0 amide bonds. The second-order valence-electron chi connectivity index (χ2n) is 16.0. The molecule has 11 heteroatoms. The highest BCUT2D eigenvalue weighted by molar-refractivity contribution is 6.02. The fourth-order valence-corrected chi connectivity index (χ4v) is 7.98. The molecule has 60 heavy (non-hydrogen) atoms. The van der Waals surface area contributed by atoms with E-state index in [0.717, 1.165) is 22.3 Å². The number of aromatic nitrogens is 4. The van der Waals surface area contributed by atoms with Crippen LogP contribution in [0.5, 0.6) is 11.5 Å². The molecule has 8 rings (SSSR count). The third kappa shape index (κ3) is 7.63. The average molecular weight is 804 g/mol. The summed E-state index contributed by atoms with van der Waals surface area (Å²) in [6.07, 6.45) is 0.825. The van der Waals surface area contributed by atoms with Gasteiger partial charge in [0.25, 0.3) is 0 Å². The lowest BCUT2D eigenvalue weighted by molar-refractivity contribution is -0.119. The van der Waals surface area contributed by atoms with Gasteiger partial charge >= 0.3 is 0 Å². The van der Waals surface area contributed by atoms with Crippen LogP contribution in [-0.4, -0.2) is 63.4 Å². The lowest BCUT2D eigenvalue weighted by atomic mass is 9.80. The van der Waals surface area contributed by atoms with Crippen molar-refractivity contribution in [3.63, 3.8) is 0 Å². The number of rotatable bonds is 14. The number of ether oxygens (including phenoxy) is 4. The van der Waals surface area contributed by atoms with E-state index in [-0.39, 0.29) is 24.2 Å². The standard InChI is InChI=1S/C49H49N5O6/c1-47(2,3)35-18-16-33(17-19-35)29-50-45-43-46(52-31-51-45)54(32-53-43)48(44(56)34-12-8-6-9-13-34)28-41(55)42(60-48)30-59-49(36-14-10-7-11-15-36,37-20-24-39(57-4)25-21-37)38-22-26-40(58-5)27-23-38/h6-27,31-32,41-42,55H,28-30H2,1-5H3,(H,50,51,52)/t41-,42+,48-/m0/s1. The summed E-state index contributed by atoms with van der Waals surface area (Å²) in [5.74, 6) is 1.54. The van der Waals surface area contributed by atoms with Crippen molar-refractivity contribution in [2.24, 2.45) is 0 Å². The van der Waals surface area contributed by atoms with Crippen LogP contribution in [0, 0.1) is 0 Å². The number of ketones is 1. The van der Waals surface area contributed by atoms with Crippen molar-refractivity contribution in [2.45, 2.75) is 62.7 Å². The summed E-state index contributed by atoms with van der Waals surface area (Å²) in [4.78, 5) is 28.8. The fraction of sp³-hybridized carbons (Fsp3) is 0.265. The number of nitrogens with zero attached hydrogens (tertiary/aromatic N) is 4. The monoisotopic (exact) mass is 803 g/mol. The summed E-state index contributed by atoms with van der Waals surface area (Å²) in [6, 6.07) is 42.7. The van der Waals surface area contributed by atoms with E-state index in [1.165, 1.54) is 11.9 Å². The van der Waals surface area contributed by atoms with Gasteiger partial charge in [0, 0.05) is 18.5 Å². The Bertz CT molecular complexity index is 2490. The number of methoxy groups -OCH3 is 2. The minimum atomic E-state index is -1.73. The molecule has 0 radical (unpaired) electrons. The Morgan fingerprint density at radius 2 is 1.33 bits per heavy atom. The van der Waals surface area contributed by atoms with Gasteiger partial charge in [0.15, 0.2) is 17.0 Å². The van der Waals surface area contributed by atoms with Crippen LogP contribution in [0.15, 0.2) is 146 Å². The van der Waals surface area contributed by atoms with E-state index in [4.69, 9.17) is 23.9 Å². The third-order valence-electron chi connectivity index (χ3n) is 11.3. The molecule has 1 saturated heterocycles. The number of benzene rings is 5. The SMILES string of the molecule is COc1ccc(C(OC[C@H]2O[C@@](C(=O)c3ccccc3)(n3cnc4c(NCc5ccc(C(C)(C)C)cc5)ncnc43)C[C@@H]2O)(c2ccccc2)c2ccc(OC)cc2)cc1. The van der Waals surface area contributed by atoms with E-state index in [1.54, 1.807) is 49.4 Å². The number of aliphatic hydroxyl groups is 1. The molecule has 1 aliphatic heterocycles. The smallest absolute Gasteiger partial charge is 0.215 e. The quantitative estimate of drug-likeness (QED) is 0.0817. The van der Waals surface area contributed by atoms with Crippen molar-refractivity contribution >= 4 is 22.8 Å². The van der Waals surface area contributed by atoms with Gasteiger partial charge in [-0.15, -0.1) is 0 Å². The highest BCUT2D eigenvalue weighted by Crippen LogP contribution is 2.45. The highest BCUT2D eigenvalue weighted by Gasteiger charge is 2.54. The van der Waals surface area contributed by atoms with Gasteiger partial charge in [0.1, 0.15) is 29.5 Å². The van der Waals surface area contributed by atoms with Crippen molar-refractivity contribution in [3.8, 4) is 11.5 Å². The van der Waals surface area contributed by atoms with E-state index in [2.05, 4.69) is 60.3 Å². The van der Waals surface area contributed by atoms with Gasteiger partial charge in [0.2, 0.25) is 11.5 Å². The predicted molar refractivity (Wildman–Crippen MR) is 230 cm³/mol. The van der Waals surface area contributed by atoms with Crippen LogP contribution in [0.1, 0.15) is 65.4 Å². The van der Waals surface area contributed by atoms with E-state index in [9.17, 15) is 9.90 Å². The van der Waals surface area contributed by atoms with Crippen LogP contribution in [0.4, 0.5) is 5.82 Å². The second kappa shape index (κ2) is 16.7. The van der Waals surface area contributed by atoms with E-state index < -0.39 is 23.5 Å². The van der Waals surface area contributed by atoms with Crippen molar-refractivity contribution in [1.82, 2.24) is 19.5 Å². The molecule has 11 nitrogen and oxygen atoms in total. The maximum atomic E-state index is 14.9. The molecule has 7 aromatic rings. The molecule has 1 fully saturated rings. The van der Waals surface area contributed by atoms with E-state index in [1.807, 2.05) is 84.9 Å². The van der Waals surface area contributed by atoms with Gasteiger partial charge in [-0.05, 0) is 57.5 Å². The normalized spacial score (nSPS) is 18.0. The van der Waals surface area contributed by atoms with Crippen molar-refractivity contribution in [1.29, 1.82) is 0 Å². The average Bonchev–Trinajstić information content (AvgIpc) is 3.88. The summed E-state index contributed by atoms with van der Waals surface area (Å²) >= 11 is 0. The number of carbonyl (C=O) groups is 1. The lowest BCUT2D eigenvalue weighted by Gasteiger charge is -2.37. The molecule has 306 valence electrons. The zero-order chi connectivity index (χ0) is 41.9. The summed E-state index contributed by atoms with van der Waals surface area (Å²) in [5, 5.41) is 15.4. The highest BCUT2D eigenvalue weighted by atomic mass is 16.6. The van der Waals surface area contributed by atoms with Gasteiger partial charge in [-0.1, -0.05) is 130 Å². The Hall–Kier alpha value is -6.40. The first-order valence-electron chi connectivity index (χ1n) is 20.0. The molecule has 0 bridgehead atoms. The molecule has 3 atom stereocenters. The molecule has 2 N–H and O–H groups in total. The summed E-state index contributed by atoms with van der Waals surface area (Å²) in [5.41, 5.74) is 3.20. The Balaban J connectivity index is 1.16. The van der Waals surface area contributed by atoms with Crippen LogP contribution in [-0.2, 0) is 32.8 Å². The first kappa shape index (κ1) is 40.4. The molecule has 0 saturated carbocycles. The van der Waals surface area contributed by atoms with Crippen LogP contribution in [0.3, 0.4) is 0 Å². The first-order chi connectivity index (χ1) is 29.1. The molecule has 5 aromatic carbocycles. The summed E-state index contributed by atoms with van der Waals surface area (Å²) in [6.45, 7) is 6.97. The molecule has 0 unspecified atom stereocenters. The molecule has 3 heterocycles. The molecule has 0 aliphatic carbocycles. The van der Waals surface area contributed by atoms with E-state index in [0.29, 0.717) is 40.6 Å². The molecule has 1 aliphatic rings. The summed E-state index contributed by atoms with van der Waals surface area (Å²) < 4.78 is 26.7. The van der Waals surface area contributed by atoms with Gasteiger partial charge in [-0.3, -0.25) is 9.36 Å². The van der Waals surface area contributed by atoms with Crippen molar-refractivity contribution in [3.05, 3.63) is 179 Å². The number of aliphatic hydroxyl groups excluding tert-OH is 1. The number of hydrogen-bond donors (Lipinski definition) is 2. The number of carbonyl (C=O) groups excluding carboxylic acids is 1. The zero-order valence-corrected chi connectivity index (χ0v) is 34.4. The number of Topliss-reactive ketones (excluding diaryl/α,β-unsaturated/α-hetero) is 1. The molecule has 0 spiro atoms. The number of fused-ring (bicyclic) bond motifs is 1. The summed E-state index contributed by atoms with van der Waals surface area (Å²) in [7, 11) is 3.25. The fourth-order valence-electron chi connectivity index (χ4n) is 7.98. The number of anilines is 1. The number of imidazole rings is 1. The minimum absolute atomic E-state index is 0.0455. The van der Waals surface area contributed by atoms with Crippen molar-refractivity contribution < 1.29 is 28.8 Å². The lowest BCUT2D eigenvalue weighted by Crippen LogP contribution is -2.43. The van der Waals surface area contributed by atoms with Crippen molar-refractivity contribution in [2.75, 3.05) is 26.1 Å². The maximum Gasteiger partial charge on any atom is 0.215 e. The van der Waals surface area contributed by atoms with Crippen LogP contribution in [0.25, 0.3) is 11.2 Å². The predicted octanol–water partition coefficient (Wildman–Crippen LogP) is 8.45. The Morgan fingerprint density at radius 1 is 0.767 bits per heavy atom. The third-order valence-corrected chi connectivity index (χ3v) is 11.3. The second-order valence-corrected chi connectivity index (χ2v) is 16.0. The number of hydrogen-bond acceptors (Lipinski definition) is 10. The number of nitrogens with one attached hydrogen (secondary N) is 1. The van der Waals surface area contributed by atoms with Gasteiger partial charge in [-0.25, -0.2) is 15.0 Å². The first-order valence-corrected chi connectivity index (χ1v) is 20.0. The van der Waals surface area contributed by atoms with Gasteiger partial charge in [0.05, 0.1) is 33.3 Å². The topological polar surface area (TPSA) is 130 Å². The molecular weight excluding hydrogens is 755 g/mol. The van der Waals surface area contributed by atoms with Gasteiger partial charge < -0.3 is 29.4 Å². The largest absolute Gasteiger partial charge is 0.497 e. The van der Waals surface area contributed by atoms with Gasteiger partial charge in [-0.2, -0.15) is 0 Å². The Morgan fingerprint density at radius 3 is 1.92 bits per heavy atom. The Labute approximate surface area is 350 Å². The minimum Gasteiger partial charge on any atom is -0.497 e. The van der Waals surface area contributed by atoms with Crippen LogP contribution in [0.2, 0.25) is 0 Å². The Kier molecular flexibility index (Phi) is 11.2. The van der Waals surface area contributed by atoms with Crippen LogP contribution < -0.4 is 14.8 Å². The van der Waals surface area contributed by atoms with Crippen LogP contribution >= 0.6 is 0 Å². The maximum absolute atomic E-state index is 14.9. The van der Waals surface area contributed by atoms with E-state index >= 15 is 0 Å². The molecular formula is C49H49N5O6. The zero-order valence-electron chi connectivity index (χ0n) is 34.4.